The second-order valence-electron chi connectivity index (χ2n) is 9.25. The van der Waals surface area contributed by atoms with Crippen LogP contribution in [0, 0.1) is 11.8 Å². The van der Waals surface area contributed by atoms with E-state index < -0.39 is 6.17 Å². The largest absolute Gasteiger partial charge is 0.497 e. The molecule has 35 heavy (non-hydrogen) atoms. The van der Waals surface area contributed by atoms with Crippen LogP contribution in [-0.2, 0) is 0 Å². The van der Waals surface area contributed by atoms with Crippen LogP contribution in [0.1, 0.15) is 37.4 Å². The second kappa shape index (κ2) is 12.9. The third-order valence-electron chi connectivity index (χ3n) is 7.03. The molecule has 1 N–H and O–H groups in total. The van der Waals surface area contributed by atoms with E-state index in [-0.39, 0.29) is 12.5 Å². The molecule has 0 saturated carbocycles. The molecule has 0 bridgehead atoms. The Morgan fingerprint density at radius 1 is 1.23 bits per heavy atom. The highest BCUT2D eigenvalue weighted by atomic mass is 35.5. The van der Waals surface area contributed by atoms with E-state index in [0.717, 1.165) is 65.5 Å². The summed E-state index contributed by atoms with van der Waals surface area (Å²) < 4.78 is 20.7. The summed E-state index contributed by atoms with van der Waals surface area (Å²) in [5, 5.41) is 11.7. The average Bonchev–Trinajstić information content (AvgIpc) is 2.90. The molecule has 1 aromatic heterocycles. The lowest BCUT2D eigenvalue weighted by Gasteiger charge is -2.38. The lowest BCUT2D eigenvalue weighted by atomic mass is 9.81. The molecule has 0 radical (unpaired) electrons. The van der Waals surface area contributed by atoms with Crippen LogP contribution < -0.4 is 4.74 Å². The minimum atomic E-state index is -1.06. The number of hydrogen-bond donors (Lipinski definition) is 1. The van der Waals surface area contributed by atoms with Gasteiger partial charge in [-0.1, -0.05) is 23.7 Å². The predicted octanol–water partition coefficient (Wildman–Crippen LogP) is 6.80. The van der Waals surface area contributed by atoms with Crippen molar-refractivity contribution in [3.8, 4) is 5.75 Å². The molecule has 0 spiro atoms. The Bertz CT molecular complexity index is 1100. The number of aliphatic hydroxyl groups excluding tert-OH is 1. The summed E-state index contributed by atoms with van der Waals surface area (Å²) in [5.41, 5.74) is 1.45. The van der Waals surface area contributed by atoms with Gasteiger partial charge in [0.15, 0.2) is 0 Å². The summed E-state index contributed by atoms with van der Waals surface area (Å²) in [6.45, 7) is 3.05. The Labute approximate surface area is 216 Å². The number of methoxy groups -OCH3 is 1. The molecule has 2 aromatic carbocycles. The molecule has 3 atom stereocenters. The highest BCUT2D eigenvalue weighted by Crippen LogP contribution is 2.35. The van der Waals surface area contributed by atoms with Crippen LogP contribution in [0.5, 0.6) is 5.75 Å². The van der Waals surface area contributed by atoms with Gasteiger partial charge in [-0.15, -0.1) is 11.8 Å². The molecule has 1 unspecified atom stereocenters. The standard InChI is InChI=1S/C28H34ClFN2O2S/c1-34-22-8-10-27-24(17-22)23(11-13-31-27)26(30)9-7-20-12-15-32(18-21(20)19-33)14-4-16-35-28-6-3-2-5-25(28)29/h2-3,5-6,8,10-11,13,17,20-21,26,33H,4,7,9,12,14-16,18-19H2,1H3/t20-,21-,26?/m1/s1. The molecule has 1 saturated heterocycles. The molecule has 3 aromatic rings. The maximum atomic E-state index is 15.4. The van der Waals surface area contributed by atoms with Crippen molar-refractivity contribution in [2.24, 2.45) is 11.8 Å². The second-order valence-corrected chi connectivity index (χ2v) is 10.8. The van der Waals surface area contributed by atoms with Crippen molar-refractivity contribution in [3.05, 3.63) is 65.3 Å². The summed E-state index contributed by atoms with van der Waals surface area (Å²) in [6, 6.07) is 15.3. The van der Waals surface area contributed by atoms with E-state index in [9.17, 15) is 5.11 Å². The SMILES string of the molecule is COc1ccc2nccc(C(F)CC[C@@H]3CCN(CCCSc4ccccc4Cl)C[C@@H]3CO)c2c1. The van der Waals surface area contributed by atoms with Gasteiger partial charge in [0.2, 0.25) is 0 Å². The molecule has 0 amide bonds. The van der Waals surface area contributed by atoms with Gasteiger partial charge in [0.25, 0.3) is 0 Å². The van der Waals surface area contributed by atoms with E-state index in [1.165, 1.54) is 0 Å². The van der Waals surface area contributed by atoms with Crippen molar-refractivity contribution in [2.45, 2.75) is 36.8 Å². The lowest BCUT2D eigenvalue weighted by Crippen LogP contribution is -2.42. The first kappa shape index (κ1) is 26.2. The highest BCUT2D eigenvalue weighted by Gasteiger charge is 2.29. The number of ether oxygens (including phenoxy) is 1. The van der Waals surface area contributed by atoms with Crippen molar-refractivity contribution >= 4 is 34.3 Å². The Hall–Kier alpha value is -1.86. The number of hydrogen-bond acceptors (Lipinski definition) is 5. The van der Waals surface area contributed by atoms with E-state index in [1.54, 1.807) is 31.1 Å². The first-order valence-electron chi connectivity index (χ1n) is 12.4. The van der Waals surface area contributed by atoms with Gasteiger partial charge < -0.3 is 14.7 Å². The van der Waals surface area contributed by atoms with Crippen molar-refractivity contribution in [2.75, 3.05) is 39.1 Å². The quantitative estimate of drug-likeness (QED) is 0.224. The first-order chi connectivity index (χ1) is 17.1. The topological polar surface area (TPSA) is 45.6 Å². The Morgan fingerprint density at radius 3 is 2.89 bits per heavy atom. The molecule has 2 heterocycles. The van der Waals surface area contributed by atoms with Crippen LogP contribution in [0.4, 0.5) is 4.39 Å². The number of benzene rings is 2. The maximum Gasteiger partial charge on any atom is 0.126 e. The molecular weight excluding hydrogens is 483 g/mol. The third kappa shape index (κ3) is 6.88. The van der Waals surface area contributed by atoms with Crippen molar-refractivity contribution in [3.63, 3.8) is 0 Å². The number of aromatic nitrogens is 1. The van der Waals surface area contributed by atoms with Gasteiger partial charge in [-0.3, -0.25) is 4.98 Å². The number of nitrogens with zero attached hydrogens (tertiary/aromatic N) is 2. The lowest BCUT2D eigenvalue weighted by molar-refractivity contribution is 0.0640. The van der Waals surface area contributed by atoms with Crippen molar-refractivity contribution in [1.29, 1.82) is 0 Å². The van der Waals surface area contributed by atoms with Gasteiger partial charge in [-0.25, -0.2) is 4.39 Å². The summed E-state index contributed by atoms with van der Waals surface area (Å²) >= 11 is 8.04. The van der Waals surface area contributed by atoms with Crippen LogP contribution in [0.15, 0.2) is 59.6 Å². The van der Waals surface area contributed by atoms with Gasteiger partial charge in [0, 0.05) is 29.6 Å². The molecule has 4 rings (SSSR count). The number of rotatable bonds is 11. The molecular formula is C28H34ClFN2O2S. The molecule has 0 aliphatic carbocycles. The zero-order valence-electron chi connectivity index (χ0n) is 20.2. The summed E-state index contributed by atoms with van der Waals surface area (Å²) in [5.74, 6) is 2.26. The fraction of sp³-hybridized carbons (Fsp3) is 0.464. The zero-order chi connectivity index (χ0) is 24.6. The van der Waals surface area contributed by atoms with Gasteiger partial charge in [-0.05, 0) is 98.3 Å². The molecule has 1 aliphatic heterocycles. The van der Waals surface area contributed by atoms with Crippen LogP contribution in [0.25, 0.3) is 10.9 Å². The smallest absolute Gasteiger partial charge is 0.126 e. The Morgan fingerprint density at radius 2 is 2.09 bits per heavy atom. The van der Waals surface area contributed by atoms with E-state index in [0.29, 0.717) is 23.7 Å². The average molecular weight is 517 g/mol. The molecule has 1 aliphatic rings. The van der Waals surface area contributed by atoms with E-state index in [2.05, 4.69) is 16.0 Å². The van der Waals surface area contributed by atoms with Crippen LogP contribution in [0.3, 0.4) is 0 Å². The van der Waals surface area contributed by atoms with E-state index in [4.69, 9.17) is 16.3 Å². The predicted molar refractivity (Wildman–Crippen MR) is 143 cm³/mol. The minimum absolute atomic E-state index is 0.155. The third-order valence-corrected chi connectivity index (χ3v) is 8.64. The van der Waals surface area contributed by atoms with E-state index >= 15 is 4.39 Å². The fourth-order valence-electron chi connectivity index (χ4n) is 5.04. The number of likely N-dealkylation sites (tertiary alicyclic amines) is 1. The van der Waals surface area contributed by atoms with Crippen molar-refractivity contribution in [1.82, 2.24) is 9.88 Å². The number of fused-ring (bicyclic) bond motifs is 1. The number of piperidine rings is 1. The minimum Gasteiger partial charge on any atom is -0.497 e. The van der Waals surface area contributed by atoms with Gasteiger partial charge in [-0.2, -0.15) is 0 Å². The van der Waals surface area contributed by atoms with E-state index in [1.807, 2.05) is 36.4 Å². The summed E-state index contributed by atoms with van der Waals surface area (Å²) in [7, 11) is 1.61. The highest BCUT2D eigenvalue weighted by molar-refractivity contribution is 7.99. The maximum absolute atomic E-state index is 15.4. The number of alkyl halides is 1. The van der Waals surface area contributed by atoms with Gasteiger partial charge in [0.05, 0.1) is 17.6 Å². The van der Waals surface area contributed by atoms with Crippen LogP contribution in [0.2, 0.25) is 5.02 Å². The number of aliphatic hydroxyl groups is 1. The summed E-state index contributed by atoms with van der Waals surface area (Å²) in [4.78, 5) is 7.94. The number of thioether (sulfide) groups is 1. The monoisotopic (exact) mass is 516 g/mol. The zero-order valence-corrected chi connectivity index (χ0v) is 21.8. The molecule has 7 heteroatoms. The van der Waals surface area contributed by atoms with Crippen LogP contribution >= 0.6 is 23.4 Å². The molecule has 188 valence electrons. The molecule has 1 fully saturated rings. The Kier molecular flexibility index (Phi) is 9.67. The normalized spacial score (nSPS) is 19.7. The van der Waals surface area contributed by atoms with Gasteiger partial charge >= 0.3 is 0 Å². The van der Waals surface area contributed by atoms with Crippen LogP contribution in [-0.4, -0.2) is 54.1 Å². The molecule has 4 nitrogen and oxygen atoms in total. The van der Waals surface area contributed by atoms with Crippen molar-refractivity contribution < 1.29 is 14.2 Å². The first-order valence-corrected chi connectivity index (χ1v) is 13.7. The Balaban J connectivity index is 1.26. The number of halogens is 2. The van der Waals surface area contributed by atoms with Gasteiger partial charge in [0.1, 0.15) is 11.9 Å². The fourth-order valence-corrected chi connectivity index (χ4v) is 6.21. The number of pyridine rings is 1. The summed E-state index contributed by atoms with van der Waals surface area (Å²) in [6.07, 6.45) is 3.91.